The highest BCUT2D eigenvalue weighted by Gasteiger charge is 2.38. The molecule has 0 aromatic heterocycles. The van der Waals surface area contributed by atoms with Crippen LogP contribution >= 0.6 is 0 Å². The maximum Gasteiger partial charge on any atom is 0.310 e. The largest absolute Gasteiger partial charge is 0.469 e. The molecule has 2 rings (SSSR count). The summed E-state index contributed by atoms with van der Waals surface area (Å²) in [4.78, 5) is 13.9. The van der Waals surface area contributed by atoms with E-state index in [1.807, 2.05) is 0 Å². The van der Waals surface area contributed by atoms with Gasteiger partial charge in [0.2, 0.25) is 0 Å². The molecule has 2 fully saturated rings. The van der Waals surface area contributed by atoms with Gasteiger partial charge in [0, 0.05) is 6.54 Å². The van der Waals surface area contributed by atoms with E-state index in [9.17, 15) is 4.79 Å². The standard InChI is InChI=1S/C11H19NO2/c1-14-11(13)10(9-4-5-9)8-12-6-2-3-7-12/h9-10H,2-8H2,1H3. The van der Waals surface area contributed by atoms with Crippen LogP contribution in [0.25, 0.3) is 0 Å². The number of ether oxygens (including phenoxy) is 1. The summed E-state index contributed by atoms with van der Waals surface area (Å²) in [7, 11) is 1.50. The Kier molecular flexibility index (Phi) is 3.06. The lowest BCUT2D eigenvalue weighted by atomic mass is 10.0. The molecule has 14 heavy (non-hydrogen) atoms. The highest BCUT2D eigenvalue weighted by Crippen LogP contribution is 2.38. The van der Waals surface area contributed by atoms with Gasteiger partial charge in [-0.3, -0.25) is 4.79 Å². The van der Waals surface area contributed by atoms with E-state index in [0.717, 1.165) is 6.54 Å². The second-order valence-corrected chi connectivity index (χ2v) is 4.47. The second-order valence-electron chi connectivity index (χ2n) is 4.47. The van der Waals surface area contributed by atoms with E-state index in [1.165, 1.54) is 45.9 Å². The van der Waals surface area contributed by atoms with Crippen LogP contribution in [0.4, 0.5) is 0 Å². The Labute approximate surface area is 85.4 Å². The molecule has 1 unspecified atom stereocenters. The molecule has 0 N–H and O–H groups in total. The molecule has 3 heteroatoms. The van der Waals surface area contributed by atoms with Crippen LogP contribution < -0.4 is 0 Å². The molecule has 1 saturated heterocycles. The van der Waals surface area contributed by atoms with E-state index in [1.54, 1.807) is 0 Å². The van der Waals surface area contributed by atoms with Gasteiger partial charge in [-0.25, -0.2) is 0 Å². The molecule has 1 saturated carbocycles. The number of hydrogen-bond acceptors (Lipinski definition) is 3. The second kappa shape index (κ2) is 4.30. The van der Waals surface area contributed by atoms with Gasteiger partial charge < -0.3 is 9.64 Å². The fourth-order valence-electron chi connectivity index (χ4n) is 2.31. The predicted molar refractivity (Wildman–Crippen MR) is 53.9 cm³/mol. The lowest BCUT2D eigenvalue weighted by molar-refractivity contribution is -0.146. The minimum atomic E-state index is -0.000556. The molecule has 1 heterocycles. The maximum absolute atomic E-state index is 11.5. The molecule has 1 atom stereocenters. The van der Waals surface area contributed by atoms with Crippen LogP contribution in [0.15, 0.2) is 0 Å². The van der Waals surface area contributed by atoms with E-state index < -0.39 is 0 Å². The average Bonchev–Trinajstić information content (AvgIpc) is 2.92. The number of nitrogens with zero attached hydrogens (tertiary/aromatic N) is 1. The SMILES string of the molecule is COC(=O)C(CN1CCCC1)C1CC1. The Morgan fingerprint density at radius 1 is 1.43 bits per heavy atom. The van der Waals surface area contributed by atoms with E-state index in [4.69, 9.17) is 4.74 Å². The zero-order chi connectivity index (χ0) is 9.97. The summed E-state index contributed by atoms with van der Waals surface area (Å²) in [5.41, 5.74) is 0. The number of rotatable bonds is 4. The Morgan fingerprint density at radius 3 is 2.57 bits per heavy atom. The highest BCUT2D eigenvalue weighted by molar-refractivity contribution is 5.73. The summed E-state index contributed by atoms with van der Waals surface area (Å²) in [6.45, 7) is 3.26. The van der Waals surface area contributed by atoms with Gasteiger partial charge in [-0.1, -0.05) is 0 Å². The van der Waals surface area contributed by atoms with Gasteiger partial charge in [-0.15, -0.1) is 0 Å². The Bertz CT molecular complexity index is 207. The van der Waals surface area contributed by atoms with Crippen molar-refractivity contribution in [3.8, 4) is 0 Å². The molecule has 0 aromatic carbocycles. The summed E-state index contributed by atoms with van der Waals surface area (Å²) in [5.74, 6) is 0.764. The van der Waals surface area contributed by atoms with Gasteiger partial charge in [0.15, 0.2) is 0 Å². The number of hydrogen-bond donors (Lipinski definition) is 0. The van der Waals surface area contributed by atoms with Gasteiger partial charge in [0.25, 0.3) is 0 Å². The number of carbonyl (C=O) groups is 1. The zero-order valence-corrected chi connectivity index (χ0v) is 8.87. The molecule has 3 nitrogen and oxygen atoms in total. The van der Waals surface area contributed by atoms with E-state index in [2.05, 4.69) is 4.90 Å². The quantitative estimate of drug-likeness (QED) is 0.636. The van der Waals surface area contributed by atoms with Crippen molar-refractivity contribution in [3.05, 3.63) is 0 Å². The number of carbonyl (C=O) groups excluding carboxylic acids is 1. The Morgan fingerprint density at radius 2 is 2.07 bits per heavy atom. The van der Waals surface area contributed by atoms with Crippen LogP contribution in [0.5, 0.6) is 0 Å². The number of likely N-dealkylation sites (tertiary alicyclic amines) is 1. The minimum Gasteiger partial charge on any atom is -0.469 e. The number of esters is 1. The zero-order valence-electron chi connectivity index (χ0n) is 8.87. The minimum absolute atomic E-state index is 0.000556. The first-order valence-corrected chi connectivity index (χ1v) is 5.61. The van der Waals surface area contributed by atoms with Crippen LogP contribution in [-0.2, 0) is 9.53 Å². The summed E-state index contributed by atoms with van der Waals surface area (Å²) in [6.07, 6.45) is 5.01. The fourth-order valence-corrected chi connectivity index (χ4v) is 2.31. The van der Waals surface area contributed by atoms with E-state index in [-0.39, 0.29) is 11.9 Å². The van der Waals surface area contributed by atoms with E-state index >= 15 is 0 Å². The molecule has 0 radical (unpaired) electrons. The topological polar surface area (TPSA) is 29.5 Å². The van der Waals surface area contributed by atoms with Crippen LogP contribution in [-0.4, -0.2) is 37.6 Å². The van der Waals surface area contributed by atoms with Crippen LogP contribution in [0.1, 0.15) is 25.7 Å². The molecular weight excluding hydrogens is 178 g/mol. The van der Waals surface area contributed by atoms with E-state index in [0.29, 0.717) is 5.92 Å². The van der Waals surface area contributed by atoms with Crippen LogP contribution in [0.2, 0.25) is 0 Å². The molecule has 2 aliphatic rings. The number of methoxy groups -OCH3 is 1. The lowest BCUT2D eigenvalue weighted by Gasteiger charge is -2.21. The van der Waals surface area contributed by atoms with Gasteiger partial charge in [0.1, 0.15) is 0 Å². The molecular formula is C11H19NO2. The van der Waals surface area contributed by atoms with Gasteiger partial charge in [-0.2, -0.15) is 0 Å². The molecule has 0 amide bonds. The van der Waals surface area contributed by atoms with Crippen LogP contribution in [0.3, 0.4) is 0 Å². The first-order chi connectivity index (χ1) is 6.81. The molecule has 0 spiro atoms. The summed E-state index contributed by atoms with van der Waals surface area (Å²) in [5, 5.41) is 0. The van der Waals surface area contributed by atoms with Gasteiger partial charge in [0.05, 0.1) is 13.0 Å². The average molecular weight is 197 g/mol. The summed E-state index contributed by atoms with van der Waals surface area (Å²) in [6, 6.07) is 0. The monoisotopic (exact) mass is 197 g/mol. The van der Waals surface area contributed by atoms with Crippen LogP contribution in [0, 0.1) is 11.8 Å². The summed E-state index contributed by atoms with van der Waals surface area (Å²) < 4.78 is 4.86. The predicted octanol–water partition coefficient (Wildman–Crippen LogP) is 1.28. The Hall–Kier alpha value is -0.570. The molecule has 80 valence electrons. The van der Waals surface area contributed by atoms with Crippen molar-refractivity contribution in [2.24, 2.45) is 11.8 Å². The van der Waals surface area contributed by atoms with Gasteiger partial charge in [-0.05, 0) is 44.7 Å². The maximum atomic E-state index is 11.5. The lowest BCUT2D eigenvalue weighted by Crippen LogP contribution is -2.33. The summed E-state index contributed by atoms with van der Waals surface area (Å²) >= 11 is 0. The third kappa shape index (κ3) is 2.27. The van der Waals surface area contributed by atoms with Crippen molar-refractivity contribution in [3.63, 3.8) is 0 Å². The third-order valence-corrected chi connectivity index (χ3v) is 3.35. The van der Waals surface area contributed by atoms with Crippen molar-refractivity contribution in [2.75, 3.05) is 26.7 Å². The molecule has 0 bridgehead atoms. The van der Waals surface area contributed by atoms with Crippen molar-refractivity contribution < 1.29 is 9.53 Å². The molecule has 0 aromatic rings. The normalized spacial score (nSPS) is 24.9. The van der Waals surface area contributed by atoms with Gasteiger partial charge >= 0.3 is 5.97 Å². The van der Waals surface area contributed by atoms with Crippen molar-refractivity contribution in [1.29, 1.82) is 0 Å². The fraction of sp³-hybridized carbons (Fsp3) is 0.909. The molecule has 1 aliphatic heterocycles. The first kappa shape index (κ1) is 9.97. The smallest absolute Gasteiger partial charge is 0.310 e. The molecule has 1 aliphatic carbocycles. The van der Waals surface area contributed by atoms with Crippen molar-refractivity contribution >= 4 is 5.97 Å². The first-order valence-electron chi connectivity index (χ1n) is 5.61. The van der Waals surface area contributed by atoms with Crippen molar-refractivity contribution in [1.82, 2.24) is 4.90 Å². The Balaban J connectivity index is 1.86. The highest BCUT2D eigenvalue weighted by atomic mass is 16.5. The third-order valence-electron chi connectivity index (χ3n) is 3.35. The van der Waals surface area contributed by atoms with Crippen molar-refractivity contribution in [2.45, 2.75) is 25.7 Å².